The molecule has 0 bridgehead atoms. The van der Waals surface area contributed by atoms with Gasteiger partial charge >= 0.3 is 5.97 Å². The molecule has 0 aliphatic heterocycles. The Morgan fingerprint density at radius 1 is 1.00 bits per heavy atom. The number of carbonyl (C=O) groups excluding carboxylic acids is 1. The van der Waals surface area contributed by atoms with Crippen LogP contribution < -0.4 is 10.5 Å². The van der Waals surface area contributed by atoms with E-state index < -0.39 is 17.3 Å². The molecule has 0 spiro atoms. The molecule has 3 aromatic rings. The molecular formula is C24H25NO4S. The van der Waals surface area contributed by atoms with E-state index >= 15 is 0 Å². The van der Waals surface area contributed by atoms with Crippen molar-refractivity contribution in [2.45, 2.75) is 22.7 Å². The molecule has 0 aromatic heterocycles. The van der Waals surface area contributed by atoms with Gasteiger partial charge in [0.1, 0.15) is 5.75 Å². The van der Waals surface area contributed by atoms with Gasteiger partial charge in [-0.05, 0) is 47.4 Å². The fourth-order valence-corrected chi connectivity index (χ4v) is 4.34. The lowest BCUT2D eigenvalue weighted by molar-refractivity contribution is -0.150. The number of benzene rings is 3. The number of carbonyl (C=O) groups is 1. The highest BCUT2D eigenvalue weighted by Crippen LogP contribution is 2.41. The zero-order valence-corrected chi connectivity index (χ0v) is 17.8. The first kappa shape index (κ1) is 21.7. The van der Waals surface area contributed by atoms with Crippen LogP contribution in [0.5, 0.6) is 5.75 Å². The Labute approximate surface area is 180 Å². The maximum atomic E-state index is 12.1. The van der Waals surface area contributed by atoms with Crippen molar-refractivity contribution in [2.75, 3.05) is 20.0 Å². The molecule has 0 saturated heterocycles. The number of thioether (sulfide) groups is 1. The van der Waals surface area contributed by atoms with Gasteiger partial charge in [-0.2, -0.15) is 0 Å². The lowest BCUT2D eigenvalue weighted by atomic mass is 10.0. The third kappa shape index (κ3) is 5.34. The Kier molecular flexibility index (Phi) is 7.38. The van der Waals surface area contributed by atoms with Gasteiger partial charge in [0, 0.05) is 10.6 Å². The van der Waals surface area contributed by atoms with Crippen LogP contribution in [0.15, 0.2) is 77.7 Å². The van der Waals surface area contributed by atoms with Crippen LogP contribution in [0.1, 0.15) is 21.9 Å². The molecule has 2 atom stereocenters. The molecule has 0 radical (unpaired) electrons. The van der Waals surface area contributed by atoms with Crippen LogP contribution in [0.25, 0.3) is 0 Å². The molecule has 5 nitrogen and oxygen atoms in total. The van der Waals surface area contributed by atoms with E-state index in [1.807, 2.05) is 48.5 Å². The summed E-state index contributed by atoms with van der Waals surface area (Å²) in [6, 6.07) is 23.2. The van der Waals surface area contributed by atoms with Crippen molar-refractivity contribution in [3.8, 4) is 5.75 Å². The molecule has 3 rings (SSSR count). The number of ether oxygens (including phenoxy) is 2. The third-order valence-corrected chi connectivity index (χ3v) is 6.15. The highest BCUT2D eigenvalue weighted by atomic mass is 32.2. The molecule has 0 saturated carbocycles. The van der Waals surface area contributed by atoms with Crippen LogP contribution in [0, 0.1) is 0 Å². The number of hydrogen-bond acceptors (Lipinski definition) is 6. The first-order valence-electron chi connectivity index (χ1n) is 9.50. The molecule has 0 amide bonds. The summed E-state index contributed by atoms with van der Waals surface area (Å²) < 4.78 is 9.98. The Morgan fingerprint density at radius 3 is 2.33 bits per heavy atom. The van der Waals surface area contributed by atoms with Gasteiger partial charge < -0.3 is 20.3 Å². The number of aliphatic hydroxyl groups is 1. The molecule has 0 aliphatic rings. The molecule has 3 N–H and O–H groups in total. The van der Waals surface area contributed by atoms with E-state index in [1.54, 1.807) is 19.2 Å². The minimum absolute atomic E-state index is 0.586. The minimum Gasteiger partial charge on any atom is -0.497 e. The van der Waals surface area contributed by atoms with E-state index in [0.29, 0.717) is 11.4 Å². The van der Waals surface area contributed by atoms with Crippen LogP contribution in [0.3, 0.4) is 0 Å². The van der Waals surface area contributed by atoms with Gasteiger partial charge in [-0.15, -0.1) is 11.8 Å². The standard InChI is InChI=1S/C24H25NO4S/c1-28-19-11-9-18(10-12-19)23(22(26)24(27)29-2)30-21-15-17(8-13-20(21)25)14-16-6-4-3-5-7-16/h3-13,15,22-23,26H,14,25H2,1-2H3/t22-,23+/m1/s1. The Balaban J connectivity index is 1.90. The molecule has 6 heteroatoms. The molecule has 0 heterocycles. The molecule has 0 aliphatic carbocycles. The summed E-state index contributed by atoms with van der Waals surface area (Å²) in [5.41, 5.74) is 9.88. The summed E-state index contributed by atoms with van der Waals surface area (Å²) >= 11 is 1.34. The van der Waals surface area contributed by atoms with Gasteiger partial charge in [0.2, 0.25) is 0 Å². The van der Waals surface area contributed by atoms with Crippen molar-refractivity contribution in [3.05, 3.63) is 89.5 Å². The SMILES string of the molecule is COC(=O)[C@H](O)[C@@H](Sc1cc(Cc2ccccc2)ccc1N)c1ccc(OC)cc1. The van der Waals surface area contributed by atoms with E-state index in [-0.39, 0.29) is 0 Å². The fourth-order valence-electron chi connectivity index (χ4n) is 3.11. The van der Waals surface area contributed by atoms with Crippen molar-refractivity contribution in [1.82, 2.24) is 0 Å². The molecule has 0 fully saturated rings. The van der Waals surface area contributed by atoms with Gasteiger partial charge in [-0.1, -0.05) is 48.5 Å². The fraction of sp³-hybridized carbons (Fsp3) is 0.208. The number of anilines is 1. The second kappa shape index (κ2) is 10.2. The lowest BCUT2D eigenvalue weighted by Crippen LogP contribution is -2.27. The van der Waals surface area contributed by atoms with Crippen molar-refractivity contribution in [2.24, 2.45) is 0 Å². The van der Waals surface area contributed by atoms with Crippen LogP contribution in [0.2, 0.25) is 0 Å². The highest BCUT2D eigenvalue weighted by Gasteiger charge is 2.30. The molecule has 156 valence electrons. The summed E-state index contributed by atoms with van der Waals surface area (Å²) in [5, 5.41) is 10.1. The largest absolute Gasteiger partial charge is 0.497 e. The molecule has 3 aromatic carbocycles. The van der Waals surface area contributed by atoms with Gasteiger partial charge in [0.15, 0.2) is 6.10 Å². The van der Waals surface area contributed by atoms with Crippen LogP contribution in [-0.2, 0) is 16.0 Å². The average molecular weight is 424 g/mol. The number of methoxy groups -OCH3 is 2. The summed E-state index contributed by atoms with van der Waals surface area (Å²) in [6.45, 7) is 0. The Hall–Kier alpha value is -2.96. The minimum atomic E-state index is -1.34. The summed E-state index contributed by atoms with van der Waals surface area (Å²) in [7, 11) is 2.85. The van der Waals surface area contributed by atoms with E-state index in [2.05, 4.69) is 12.1 Å². The predicted octanol–water partition coefficient (Wildman–Crippen LogP) is 4.24. The summed E-state index contributed by atoms with van der Waals surface area (Å²) in [6.07, 6.45) is -0.577. The second-order valence-corrected chi connectivity index (χ2v) is 8.00. The summed E-state index contributed by atoms with van der Waals surface area (Å²) in [5.74, 6) is 0.00163. The Bertz CT molecular complexity index is 976. The molecule has 0 unspecified atom stereocenters. The lowest BCUT2D eigenvalue weighted by Gasteiger charge is -2.22. The van der Waals surface area contributed by atoms with Crippen molar-refractivity contribution in [1.29, 1.82) is 0 Å². The van der Waals surface area contributed by atoms with Crippen molar-refractivity contribution >= 4 is 23.4 Å². The van der Waals surface area contributed by atoms with E-state index in [1.165, 1.54) is 24.4 Å². The molecular weight excluding hydrogens is 398 g/mol. The normalized spacial score (nSPS) is 12.8. The predicted molar refractivity (Wildman–Crippen MR) is 120 cm³/mol. The number of esters is 1. The maximum absolute atomic E-state index is 12.1. The second-order valence-electron chi connectivity index (χ2n) is 6.81. The van der Waals surface area contributed by atoms with Gasteiger partial charge in [0.05, 0.1) is 19.5 Å². The number of nitrogen functional groups attached to an aromatic ring is 1. The van der Waals surface area contributed by atoms with Crippen molar-refractivity contribution < 1.29 is 19.4 Å². The first-order valence-corrected chi connectivity index (χ1v) is 10.4. The van der Waals surface area contributed by atoms with Crippen molar-refractivity contribution in [3.63, 3.8) is 0 Å². The quantitative estimate of drug-likeness (QED) is 0.320. The monoisotopic (exact) mass is 423 g/mol. The number of nitrogens with two attached hydrogens (primary N) is 1. The first-order chi connectivity index (χ1) is 14.5. The van der Waals surface area contributed by atoms with Gasteiger partial charge in [-0.3, -0.25) is 0 Å². The van der Waals surface area contributed by atoms with Crippen LogP contribution in [0.4, 0.5) is 5.69 Å². The average Bonchev–Trinajstić information content (AvgIpc) is 2.79. The van der Waals surface area contributed by atoms with E-state index in [4.69, 9.17) is 15.2 Å². The van der Waals surface area contributed by atoms with E-state index in [0.717, 1.165) is 22.4 Å². The zero-order valence-electron chi connectivity index (χ0n) is 16.9. The summed E-state index contributed by atoms with van der Waals surface area (Å²) in [4.78, 5) is 12.9. The Morgan fingerprint density at radius 2 is 1.70 bits per heavy atom. The van der Waals surface area contributed by atoms with Crippen LogP contribution in [-0.4, -0.2) is 31.4 Å². The number of rotatable bonds is 8. The number of hydrogen-bond donors (Lipinski definition) is 2. The topological polar surface area (TPSA) is 81.8 Å². The van der Waals surface area contributed by atoms with E-state index in [9.17, 15) is 9.90 Å². The van der Waals surface area contributed by atoms with Gasteiger partial charge in [-0.25, -0.2) is 4.79 Å². The maximum Gasteiger partial charge on any atom is 0.336 e. The zero-order chi connectivity index (χ0) is 21.5. The van der Waals surface area contributed by atoms with Gasteiger partial charge in [0.25, 0.3) is 0 Å². The van der Waals surface area contributed by atoms with Crippen LogP contribution >= 0.6 is 11.8 Å². The third-order valence-electron chi connectivity index (χ3n) is 4.76. The molecule has 30 heavy (non-hydrogen) atoms. The number of aliphatic hydroxyl groups excluding tert-OH is 1. The smallest absolute Gasteiger partial charge is 0.336 e. The highest BCUT2D eigenvalue weighted by molar-refractivity contribution is 7.99.